The van der Waals surface area contributed by atoms with Gasteiger partial charge >= 0.3 is 0 Å². The van der Waals surface area contributed by atoms with Crippen LogP contribution in [0.4, 0.5) is 11.6 Å². The molecule has 1 rings (SSSR count). The molecule has 90 valence electrons. The van der Waals surface area contributed by atoms with Crippen LogP contribution in [0.15, 0.2) is 12.4 Å². The summed E-state index contributed by atoms with van der Waals surface area (Å²) in [5, 5.41) is 2.82. The van der Waals surface area contributed by atoms with Crippen molar-refractivity contribution in [2.45, 2.75) is 0 Å². The monoisotopic (exact) mass is 245 g/mol. The fourth-order valence-corrected chi connectivity index (χ4v) is 1.69. The predicted octanol–water partition coefficient (Wildman–Crippen LogP) is -0.638. The third-order valence-electron chi connectivity index (χ3n) is 1.94. The summed E-state index contributed by atoms with van der Waals surface area (Å²) in [5.41, 5.74) is 5.53. The van der Waals surface area contributed by atoms with Crippen molar-refractivity contribution in [3.63, 3.8) is 0 Å². The summed E-state index contributed by atoms with van der Waals surface area (Å²) in [5.74, 6) is 0.636. The fourth-order valence-electron chi connectivity index (χ4n) is 0.966. The van der Waals surface area contributed by atoms with Gasteiger partial charge < -0.3 is 11.1 Å². The molecular formula is C8H15N5O2S. The van der Waals surface area contributed by atoms with Crippen LogP contribution in [0.1, 0.15) is 0 Å². The van der Waals surface area contributed by atoms with Crippen molar-refractivity contribution in [1.29, 1.82) is 0 Å². The van der Waals surface area contributed by atoms with Crippen LogP contribution >= 0.6 is 0 Å². The number of aromatic nitrogens is 2. The molecule has 3 N–H and O–H groups in total. The molecule has 16 heavy (non-hydrogen) atoms. The highest BCUT2D eigenvalue weighted by Gasteiger charge is 2.13. The van der Waals surface area contributed by atoms with Crippen molar-refractivity contribution in [1.82, 2.24) is 14.3 Å². The van der Waals surface area contributed by atoms with Crippen LogP contribution in [-0.2, 0) is 10.0 Å². The summed E-state index contributed by atoms with van der Waals surface area (Å²) in [6.07, 6.45) is 2.95. The second-order valence-corrected chi connectivity index (χ2v) is 5.62. The Morgan fingerprint density at radius 3 is 2.56 bits per heavy atom. The molecule has 0 fully saturated rings. The van der Waals surface area contributed by atoms with E-state index in [1.807, 2.05) is 0 Å². The second kappa shape index (κ2) is 5.08. The Hall–Kier alpha value is -1.41. The van der Waals surface area contributed by atoms with Gasteiger partial charge in [-0.05, 0) is 0 Å². The van der Waals surface area contributed by atoms with Gasteiger partial charge in [0, 0.05) is 33.0 Å². The average Bonchev–Trinajstić information content (AvgIpc) is 2.20. The molecule has 1 aromatic heterocycles. The summed E-state index contributed by atoms with van der Waals surface area (Å²) in [4.78, 5) is 7.76. The maximum Gasteiger partial charge on any atom is 0.215 e. The Morgan fingerprint density at radius 2 is 2.00 bits per heavy atom. The van der Waals surface area contributed by atoms with Gasteiger partial charge in [-0.25, -0.2) is 22.7 Å². The van der Waals surface area contributed by atoms with E-state index in [0.717, 1.165) is 0 Å². The summed E-state index contributed by atoms with van der Waals surface area (Å²) in [7, 11) is -0.215. The zero-order chi connectivity index (χ0) is 12.2. The predicted molar refractivity (Wildman–Crippen MR) is 62.4 cm³/mol. The van der Waals surface area contributed by atoms with Gasteiger partial charge in [0.2, 0.25) is 10.0 Å². The molecule has 0 saturated heterocycles. The number of anilines is 2. The molecule has 0 amide bonds. The van der Waals surface area contributed by atoms with Crippen LogP contribution in [0.2, 0.25) is 0 Å². The van der Waals surface area contributed by atoms with E-state index in [9.17, 15) is 8.42 Å². The first kappa shape index (κ1) is 12.7. The van der Waals surface area contributed by atoms with Gasteiger partial charge in [0.25, 0.3) is 0 Å². The standard InChI is InChI=1S/C8H15N5O2S/c1-13(2)16(14,15)6-5-12-8-7(9)10-3-4-11-8/h3-4H,5-6H2,1-2H3,(H2,9,10)(H,11,12). The van der Waals surface area contributed by atoms with Gasteiger partial charge in [-0.15, -0.1) is 0 Å². The molecule has 0 unspecified atom stereocenters. The molecule has 0 spiro atoms. The third-order valence-corrected chi connectivity index (χ3v) is 3.77. The van der Waals surface area contributed by atoms with Crippen molar-refractivity contribution < 1.29 is 8.42 Å². The number of nitrogens with zero attached hydrogens (tertiary/aromatic N) is 3. The molecule has 0 aromatic carbocycles. The summed E-state index contributed by atoms with van der Waals surface area (Å²) < 4.78 is 24.0. The van der Waals surface area contributed by atoms with Crippen LogP contribution < -0.4 is 11.1 Å². The summed E-state index contributed by atoms with van der Waals surface area (Å²) in [6.45, 7) is 0.239. The highest BCUT2D eigenvalue weighted by Crippen LogP contribution is 2.08. The van der Waals surface area contributed by atoms with E-state index in [1.54, 1.807) is 0 Å². The first-order valence-electron chi connectivity index (χ1n) is 4.64. The number of nitrogens with one attached hydrogen (secondary N) is 1. The summed E-state index contributed by atoms with van der Waals surface area (Å²) in [6, 6.07) is 0. The van der Waals surface area contributed by atoms with E-state index in [-0.39, 0.29) is 18.1 Å². The topological polar surface area (TPSA) is 101 Å². The molecule has 1 heterocycles. The van der Waals surface area contributed by atoms with E-state index >= 15 is 0 Å². The van der Waals surface area contributed by atoms with Crippen molar-refractivity contribution in [2.75, 3.05) is 37.4 Å². The van der Waals surface area contributed by atoms with E-state index in [2.05, 4.69) is 15.3 Å². The largest absolute Gasteiger partial charge is 0.381 e. The minimum atomic E-state index is -3.20. The molecule has 0 aliphatic heterocycles. The van der Waals surface area contributed by atoms with Crippen LogP contribution in [0.5, 0.6) is 0 Å². The van der Waals surface area contributed by atoms with Crippen molar-refractivity contribution in [3.05, 3.63) is 12.4 Å². The molecule has 8 heteroatoms. The lowest BCUT2D eigenvalue weighted by atomic mass is 10.5. The first-order chi connectivity index (χ1) is 7.43. The zero-order valence-electron chi connectivity index (χ0n) is 9.21. The van der Waals surface area contributed by atoms with Gasteiger partial charge in [-0.2, -0.15) is 0 Å². The van der Waals surface area contributed by atoms with Gasteiger partial charge in [0.05, 0.1) is 5.75 Å². The van der Waals surface area contributed by atoms with Crippen LogP contribution in [0.3, 0.4) is 0 Å². The van der Waals surface area contributed by atoms with Crippen LogP contribution in [-0.4, -0.2) is 49.1 Å². The Labute approximate surface area is 94.7 Å². The molecule has 0 radical (unpaired) electrons. The molecule has 7 nitrogen and oxygen atoms in total. The number of nitrogen functional groups attached to an aromatic ring is 1. The lowest BCUT2D eigenvalue weighted by Crippen LogP contribution is -2.28. The number of rotatable bonds is 5. The SMILES string of the molecule is CN(C)S(=O)(=O)CCNc1nccnc1N. The lowest BCUT2D eigenvalue weighted by Gasteiger charge is -2.12. The molecular weight excluding hydrogens is 230 g/mol. The Balaban J connectivity index is 2.52. The minimum absolute atomic E-state index is 0.0178. The van der Waals surface area contributed by atoms with Gasteiger partial charge in [-0.3, -0.25) is 0 Å². The van der Waals surface area contributed by atoms with E-state index in [0.29, 0.717) is 5.82 Å². The number of hydrogen-bond donors (Lipinski definition) is 2. The summed E-state index contributed by atoms with van der Waals surface area (Å²) >= 11 is 0. The number of nitrogens with two attached hydrogens (primary N) is 1. The van der Waals surface area contributed by atoms with Crippen LogP contribution in [0, 0.1) is 0 Å². The molecule has 0 bridgehead atoms. The minimum Gasteiger partial charge on any atom is -0.381 e. The van der Waals surface area contributed by atoms with Crippen molar-refractivity contribution >= 4 is 21.7 Å². The maximum absolute atomic E-state index is 11.4. The Kier molecular flexibility index (Phi) is 4.02. The zero-order valence-corrected chi connectivity index (χ0v) is 10.0. The van der Waals surface area contributed by atoms with Gasteiger partial charge in [0.1, 0.15) is 0 Å². The Morgan fingerprint density at radius 1 is 1.38 bits per heavy atom. The van der Waals surface area contributed by atoms with Crippen molar-refractivity contribution in [3.8, 4) is 0 Å². The molecule has 0 atom stereocenters. The fraction of sp³-hybridized carbons (Fsp3) is 0.500. The van der Waals surface area contributed by atoms with Gasteiger partial charge in [-0.1, -0.05) is 0 Å². The molecule has 1 aromatic rings. The normalized spacial score (nSPS) is 11.7. The Bertz CT molecular complexity index is 445. The number of sulfonamides is 1. The van der Waals surface area contributed by atoms with Gasteiger partial charge in [0.15, 0.2) is 11.6 Å². The molecule has 0 saturated carbocycles. The molecule has 0 aliphatic rings. The maximum atomic E-state index is 11.4. The van der Waals surface area contributed by atoms with Crippen molar-refractivity contribution in [2.24, 2.45) is 0 Å². The van der Waals surface area contributed by atoms with E-state index in [4.69, 9.17) is 5.73 Å². The average molecular weight is 245 g/mol. The lowest BCUT2D eigenvalue weighted by molar-refractivity contribution is 0.521. The first-order valence-corrected chi connectivity index (χ1v) is 6.25. The van der Waals surface area contributed by atoms with Crippen LogP contribution in [0.25, 0.3) is 0 Å². The smallest absolute Gasteiger partial charge is 0.215 e. The number of hydrogen-bond acceptors (Lipinski definition) is 6. The van der Waals surface area contributed by atoms with E-state index < -0.39 is 10.0 Å². The highest BCUT2D eigenvalue weighted by molar-refractivity contribution is 7.89. The molecule has 0 aliphatic carbocycles. The third kappa shape index (κ3) is 3.31. The highest BCUT2D eigenvalue weighted by atomic mass is 32.2. The quantitative estimate of drug-likeness (QED) is 0.715. The second-order valence-electron chi connectivity index (χ2n) is 3.32. The van der Waals surface area contributed by atoms with E-state index in [1.165, 1.54) is 30.8 Å².